The number of nitrogens with one attached hydrogen (secondary N) is 1. The van der Waals surface area contributed by atoms with E-state index < -0.39 is 0 Å². The molecule has 0 saturated heterocycles. The largest absolute Gasteiger partial charge is 0.310 e. The van der Waals surface area contributed by atoms with Gasteiger partial charge < -0.3 is 5.32 Å². The average molecular weight is 341 g/mol. The van der Waals surface area contributed by atoms with Crippen molar-refractivity contribution in [3.63, 3.8) is 0 Å². The number of nitrogens with zero attached hydrogens (tertiary/aromatic N) is 3. The quantitative estimate of drug-likeness (QED) is 0.878. The molecule has 6 heteroatoms. The molecule has 1 unspecified atom stereocenters. The Morgan fingerprint density at radius 2 is 2.25 bits per heavy atom. The highest BCUT2D eigenvalue weighted by Crippen LogP contribution is 2.26. The van der Waals surface area contributed by atoms with Crippen LogP contribution < -0.4 is 5.32 Å². The van der Waals surface area contributed by atoms with Gasteiger partial charge >= 0.3 is 0 Å². The molecule has 2 rings (SSSR count). The van der Waals surface area contributed by atoms with Crippen LogP contribution in [0.3, 0.4) is 0 Å². The molecule has 2 aromatic rings. The Bertz CT molecular complexity index is 570. The Hall–Kier alpha value is -1.27. The lowest BCUT2D eigenvalue weighted by Crippen LogP contribution is -2.24. The monoisotopic (exact) mass is 340 g/mol. The van der Waals surface area contributed by atoms with Crippen molar-refractivity contribution in [2.24, 2.45) is 7.05 Å². The summed E-state index contributed by atoms with van der Waals surface area (Å²) in [6.45, 7) is 2.97. The van der Waals surface area contributed by atoms with Gasteiger partial charge in [0.2, 0.25) is 0 Å². The second-order valence-corrected chi connectivity index (χ2v) is 5.61. The third kappa shape index (κ3) is 3.86. The summed E-state index contributed by atoms with van der Waals surface area (Å²) in [5.74, 6) is -0.231. The Kier molecular flexibility index (Phi) is 5.25. The number of aryl methyl sites for hydroxylation is 1. The van der Waals surface area contributed by atoms with Crippen molar-refractivity contribution >= 4 is 15.9 Å². The minimum atomic E-state index is -0.231. The Morgan fingerprint density at radius 1 is 1.45 bits per heavy atom. The first-order valence-electron chi connectivity index (χ1n) is 6.63. The molecule has 0 aliphatic heterocycles. The van der Waals surface area contributed by atoms with Crippen molar-refractivity contribution in [3.05, 3.63) is 45.9 Å². The molecule has 0 saturated carbocycles. The molecule has 1 N–H and O–H groups in total. The van der Waals surface area contributed by atoms with Gasteiger partial charge in [-0.1, -0.05) is 28.1 Å². The first-order chi connectivity index (χ1) is 9.60. The number of hydrogen-bond donors (Lipinski definition) is 1. The second kappa shape index (κ2) is 6.95. The van der Waals surface area contributed by atoms with E-state index in [1.54, 1.807) is 16.8 Å². The molecule has 0 spiro atoms. The molecule has 1 heterocycles. The van der Waals surface area contributed by atoms with E-state index in [2.05, 4.69) is 38.5 Å². The number of hydrogen-bond acceptors (Lipinski definition) is 3. The number of halogens is 2. The summed E-state index contributed by atoms with van der Waals surface area (Å²) in [5.41, 5.74) is 1.79. The Balaban J connectivity index is 2.24. The molecule has 0 amide bonds. The SMILES string of the molecule is CCCNC(Cc1cn(C)nn1)c1cc(F)ccc1Br. The molecule has 0 aliphatic carbocycles. The molecule has 0 fully saturated rings. The summed E-state index contributed by atoms with van der Waals surface area (Å²) in [6, 6.07) is 4.76. The maximum atomic E-state index is 13.5. The predicted octanol–water partition coefficient (Wildman–Crippen LogP) is 3.00. The van der Waals surface area contributed by atoms with E-state index in [0.717, 1.165) is 28.7 Å². The first-order valence-corrected chi connectivity index (χ1v) is 7.43. The molecule has 0 bridgehead atoms. The van der Waals surface area contributed by atoms with Crippen LogP contribution in [0.1, 0.15) is 30.6 Å². The van der Waals surface area contributed by atoms with E-state index in [1.807, 2.05) is 13.2 Å². The van der Waals surface area contributed by atoms with E-state index >= 15 is 0 Å². The van der Waals surface area contributed by atoms with Gasteiger partial charge in [0.05, 0.1) is 5.69 Å². The van der Waals surface area contributed by atoms with Gasteiger partial charge in [-0.2, -0.15) is 0 Å². The Labute approximate surface area is 126 Å². The van der Waals surface area contributed by atoms with E-state index in [1.165, 1.54) is 6.07 Å². The summed E-state index contributed by atoms with van der Waals surface area (Å²) in [7, 11) is 1.84. The van der Waals surface area contributed by atoms with E-state index in [0.29, 0.717) is 6.42 Å². The smallest absolute Gasteiger partial charge is 0.123 e. The zero-order valence-corrected chi connectivity index (χ0v) is 13.2. The van der Waals surface area contributed by atoms with E-state index in [9.17, 15) is 4.39 Å². The summed E-state index contributed by atoms with van der Waals surface area (Å²) in [6.07, 6.45) is 3.58. The fourth-order valence-corrected chi connectivity index (χ4v) is 2.61. The fourth-order valence-electron chi connectivity index (χ4n) is 2.09. The van der Waals surface area contributed by atoms with Crippen LogP contribution in [0.5, 0.6) is 0 Å². The van der Waals surface area contributed by atoms with Crippen molar-refractivity contribution in [1.29, 1.82) is 0 Å². The van der Waals surface area contributed by atoms with Crippen LogP contribution in [0.2, 0.25) is 0 Å². The molecule has 108 valence electrons. The minimum absolute atomic E-state index is 0.0109. The van der Waals surface area contributed by atoms with E-state index in [4.69, 9.17) is 0 Å². The van der Waals surface area contributed by atoms with Gasteiger partial charge in [0.25, 0.3) is 0 Å². The molecule has 20 heavy (non-hydrogen) atoms. The van der Waals surface area contributed by atoms with E-state index in [-0.39, 0.29) is 11.9 Å². The zero-order valence-electron chi connectivity index (χ0n) is 11.6. The van der Waals surface area contributed by atoms with Crippen LogP contribution in [-0.2, 0) is 13.5 Å². The summed E-state index contributed by atoms with van der Waals surface area (Å²) < 4.78 is 16.1. The molecule has 4 nitrogen and oxygen atoms in total. The van der Waals surface area contributed by atoms with Gasteiger partial charge in [-0.15, -0.1) is 5.10 Å². The first kappa shape index (κ1) is 15.1. The number of aromatic nitrogens is 3. The van der Waals surface area contributed by atoms with Crippen LogP contribution in [0.15, 0.2) is 28.9 Å². The maximum absolute atomic E-state index is 13.5. The highest BCUT2D eigenvalue weighted by molar-refractivity contribution is 9.10. The van der Waals surface area contributed by atoms with Crippen molar-refractivity contribution < 1.29 is 4.39 Å². The Morgan fingerprint density at radius 3 is 2.90 bits per heavy atom. The van der Waals surface area contributed by atoms with Crippen LogP contribution in [-0.4, -0.2) is 21.5 Å². The molecule has 1 aromatic carbocycles. The van der Waals surface area contributed by atoms with Crippen LogP contribution in [0.4, 0.5) is 4.39 Å². The van der Waals surface area contributed by atoms with Gasteiger partial charge in [0.15, 0.2) is 0 Å². The van der Waals surface area contributed by atoms with Crippen LogP contribution >= 0.6 is 15.9 Å². The normalized spacial score (nSPS) is 12.6. The lowest BCUT2D eigenvalue weighted by Gasteiger charge is -2.19. The molecule has 1 aromatic heterocycles. The highest BCUT2D eigenvalue weighted by atomic mass is 79.9. The van der Waals surface area contributed by atoms with Gasteiger partial charge in [-0.3, -0.25) is 4.68 Å². The van der Waals surface area contributed by atoms with Gasteiger partial charge in [0.1, 0.15) is 5.82 Å². The van der Waals surface area contributed by atoms with Crippen LogP contribution in [0.25, 0.3) is 0 Å². The van der Waals surface area contributed by atoms with Crippen LogP contribution in [0, 0.1) is 5.82 Å². The zero-order chi connectivity index (χ0) is 14.5. The summed E-state index contributed by atoms with van der Waals surface area (Å²) in [5, 5.41) is 11.5. The van der Waals surface area contributed by atoms with Crippen molar-refractivity contribution in [1.82, 2.24) is 20.3 Å². The van der Waals surface area contributed by atoms with Gasteiger partial charge in [0, 0.05) is 30.2 Å². The molecule has 0 radical (unpaired) electrons. The van der Waals surface area contributed by atoms with Crippen molar-refractivity contribution in [3.8, 4) is 0 Å². The predicted molar refractivity (Wildman–Crippen MR) is 79.8 cm³/mol. The van der Waals surface area contributed by atoms with Gasteiger partial charge in [-0.25, -0.2) is 4.39 Å². The molecule has 1 atom stereocenters. The summed E-state index contributed by atoms with van der Waals surface area (Å²) >= 11 is 3.49. The molecular weight excluding hydrogens is 323 g/mol. The highest BCUT2D eigenvalue weighted by Gasteiger charge is 2.17. The average Bonchev–Trinajstić information content (AvgIpc) is 2.83. The maximum Gasteiger partial charge on any atom is 0.123 e. The minimum Gasteiger partial charge on any atom is -0.310 e. The number of rotatable bonds is 6. The summed E-state index contributed by atoms with van der Waals surface area (Å²) in [4.78, 5) is 0. The third-order valence-electron chi connectivity index (χ3n) is 3.04. The molecule has 0 aliphatic rings. The number of benzene rings is 1. The van der Waals surface area contributed by atoms with Crippen molar-refractivity contribution in [2.45, 2.75) is 25.8 Å². The van der Waals surface area contributed by atoms with Crippen molar-refractivity contribution in [2.75, 3.05) is 6.54 Å². The molecular formula is C14H18BrFN4. The topological polar surface area (TPSA) is 42.7 Å². The second-order valence-electron chi connectivity index (χ2n) is 4.76. The third-order valence-corrected chi connectivity index (χ3v) is 3.76. The fraction of sp³-hybridized carbons (Fsp3) is 0.429. The lowest BCUT2D eigenvalue weighted by molar-refractivity contribution is 0.517. The van der Waals surface area contributed by atoms with Gasteiger partial charge in [-0.05, 0) is 36.7 Å². The lowest BCUT2D eigenvalue weighted by atomic mass is 10.0. The standard InChI is InChI=1S/C14H18BrFN4/c1-3-6-17-14(8-11-9-20(2)19-18-11)12-7-10(16)4-5-13(12)15/h4-5,7,9,14,17H,3,6,8H2,1-2H3.